The van der Waals surface area contributed by atoms with Crippen LogP contribution in [0.4, 0.5) is 5.69 Å². The van der Waals surface area contributed by atoms with Gasteiger partial charge < -0.3 is 15.1 Å². The molecule has 1 aromatic rings. The van der Waals surface area contributed by atoms with Crippen LogP contribution in [0.2, 0.25) is 5.02 Å². The Morgan fingerprint density at radius 1 is 1.27 bits per heavy atom. The van der Waals surface area contributed by atoms with Crippen LogP contribution in [0.3, 0.4) is 0 Å². The van der Waals surface area contributed by atoms with Crippen molar-refractivity contribution in [1.82, 2.24) is 19.6 Å². The van der Waals surface area contributed by atoms with E-state index in [4.69, 9.17) is 11.6 Å². The molecule has 1 N–H and O–H groups in total. The fraction of sp³-hybridized carbons (Fsp3) is 0.733. The van der Waals surface area contributed by atoms with E-state index >= 15 is 0 Å². The van der Waals surface area contributed by atoms with Crippen molar-refractivity contribution in [3.8, 4) is 0 Å². The molecular weight excluding hydrogens is 302 g/mol. The quantitative estimate of drug-likeness (QED) is 0.882. The first-order chi connectivity index (χ1) is 10.3. The van der Waals surface area contributed by atoms with Gasteiger partial charge in [-0.05, 0) is 27.3 Å². The molecule has 22 heavy (non-hydrogen) atoms. The zero-order valence-corrected chi connectivity index (χ0v) is 14.7. The van der Waals surface area contributed by atoms with Gasteiger partial charge >= 0.3 is 0 Å². The molecule has 0 amide bonds. The van der Waals surface area contributed by atoms with E-state index in [1.165, 1.54) is 4.68 Å². The highest BCUT2D eigenvalue weighted by atomic mass is 35.5. The van der Waals surface area contributed by atoms with Crippen molar-refractivity contribution in [3.63, 3.8) is 0 Å². The monoisotopic (exact) mass is 327 g/mol. The molecule has 0 saturated carbocycles. The second-order valence-electron chi connectivity index (χ2n) is 6.70. The summed E-state index contributed by atoms with van der Waals surface area (Å²) in [7, 11) is 3.75. The number of halogens is 1. The number of hydrogen-bond donors (Lipinski definition) is 1. The number of hydrogen-bond acceptors (Lipinski definition) is 5. The Morgan fingerprint density at radius 3 is 2.55 bits per heavy atom. The Morgan fingerprint density at radius 2 is 1.91 bits per heavy atom. The first kappa shape index (κ1) is 17.2. The van der Waals surface area contributed by atoms with Crippen LogP contribution >= 0.6 is 11.6 Å². The first-order valence-electron chi connectivity index (χ1n) is 7.69. The molecule has 0 aliphatic carbocycles. The minimum absolute atomic E-state index is 0.152. The molecule has 2 heterocycles. The second kappa shape index (κ2) is 6.98. The van der Waals surface area contributed by atoms with E-state index in [2.05, 4.69) is 41.1 Å². The molecule has 1 aliphatic heterocycles. The first-order valence-corrected chi connectivity index (χ1v) is 8.07. The SMILES string of the molecule is CN1CCN(CCC(C)(C)Nc2cnn(C)c(=O)c2Cl)CC1. The zero-order valence-electron chi connectivity index (χ0n) is 13.9. The molecule has 0 radical (unpaired) electrons. The minimum Gasteiger partial charge on any atom is -0.377 e. The summed E-state index contributed by atoms with van der Waals surface area (Å²) in [5.74, 6) is 0. The van der Waals surface area contributed by atoms with Gasteiger partial charge in [0.2, 0.25) is 0 Å². The highest BCUT2D eigenvalue weighted by molar-refractivity contribution is 6.32. The number of rotatable bonds is 5. The van der Waals surface area contributed by atoms with Crippen LogP contribution in [0.1, 0.15) is 20.3 Å². The summed E-state index contributed by atoms with van der Waals surface area (Å²) in [4.78, 5) is 16.7. The number of likely N-dealkylation sites (N-methyl/N-ethyl adjacent to an activating group) is 1. The lowest BCUT2D eigenvalue weighted by Crippen LogP contribution is -2.46. The molecule has 7 heteroatoms. The normalized spacial score (nSPS) is 17.7. The number of aromatic nitrogens is 2. The van der Waals surface area contributed by atoms with Crippen LogP contribution in [0.5, 0.6) is 0 Å². The van der Waals surface area contributed by atoms with E-state index in [1.807, 2.05) is 0 Å². The average Bonchev–Trinajstić information content (AvgIpc) is 2.47. The van der Waals surface area contributed by atoms with Gasteiger partial charge in [0.15, 0.2) is 0 Å². The number of aryl methyl sites for hydroxylation is 1. The Hall–Kier alpha value is -1.11. The van der Waals surface area contributed by atoms with Gasteiger partial charge in [-0.15, -0.1) is 0 Å². The van der Waals surface area contributed by atoms with E-state index in [9.17, 15) is 4.79 Å². The maximum absolute atomic E-state index is 11.8. The lowest BCUT2D eigenvalue weighted by Gasteiger charge is -2.35. The summed E-state index contributed by atoms with van der Waals surface area (Å²) in [6.45, 7) is 9.75. The van der Waals surface area contributed by atoms with Crippen molar-refractivity contribution in [2.75, 3.05) is 45.1 Å². The van der Waals surface area contributed by atoms with Crippen LogP contribution < -0.4 is 10.9 Å². The second-order valence-corrected chi connectivity index (χ2v) is 7.08. The predicted octanol–water partition coefficient (Wildman–Crippen LogP) is 1.26. The molecule has 2 rings (SSSR count). The van der Waals surface area contributed by atoms with Gasteiger partial charge in [-0.3, -0.25) is 4.79 Å². The zero-order chi connectivity index (χ0) is 16.3. The number of anilines is 1. The molecule has 124 valence electrons. The molecule has 0 unspecified atom stereocenters. The highest BCUT2D eigenvalue weighted by Crippen LogP contribution is 2.22. The van der Waals surface area contributed by atoms with Gasteiger partial charge in [0.05, 0.1) is 11.9 Å². The third-order valence-electron chi connectivity index (χ3n) is 4.20. The Bertz CT molecular complexity index is 564. The minimum atomic E-state index is -0.276. The van der Waals surface area contributed by atoms with E-state index in [1.54, 1.807) is 13.2 Å². The van der Waals surface area contributed by atoms with E-state index in [0.29, 0.717) is 5.69 Å². The summed E-state index contributed by atoms with van der Waals surface area (Å²) in [6, 6.07) is 0. The van der Waals surface area contributed by atoms with E-state index in [0.717, 1.165) is 39.1 Å². The number of nitrogens with one attached hydrogen (secondary N) is 1. The average molecular weight is 328 g/mol. The molecule has 1 saturated heterocycles. The predicted molar refractivity (Wildman–Crippen MR) is 90.7 cm³/mol. The smallest absolute Gasteiger partial charge is 0.287 e. The van der Waals surface area contributed by atoms with Gasteiger partial charge in [-0.1, -0.05) is 11.6 Å². The summed E-state index contributed by atoms with van der Waals surface area (Å²) in [5, 5.41) is 7.58. The molecule has 0 atom stereocenters. The van der Waals surface area contributed by atoms with E-state index < -0.39 is 0 Å². The maximum Gasteiger partial charge on any atom is 0.287 e. The molecular formula is C15H26ClN5O. The van der Waals surface area contributed by atoms with Crippen LogP contribution in [-0.4, -0.2) is 64.9 Å². The number of nitrogens with zero attached hydrogens (tertiary/aromatic N) is 4. The third-order valence-corrected chi connectivity index (χ3v) is 4.57. The van der Waals surface area contributed by atoms with Gasteiger partial charge in [0.1, 0.15) is 5.02 Å². The van der Waals surface area contributed by atoms with Crippen molar-refractivity contribution in [2.45, 2.75) is 25.8 Å². The van der Waals surface area contributed by atoms with Crippen LogP contribution in [0.25, 0.3) is 0 Å². The van der Waals surface area contributed by atoms with Gasteiger partial charge in [0, 0.05) is 45.3 Å². The van der Waals surface area contributed by atoms with Crippen molar-refractivity contribution >= 4 is 17.3 Å². The Balaban J connectivity index is 1.93. The van der Waals surface area contributed by atoms with Crippen molar-refractivity contribution in [1.29, 1.82) is 0 Å². The largest absolute Gasteiger partial charge is 0.377 e. The van der Waals surface area contributed by atoms with Gasteiger partial charge in [-0.25, -0.2) is 4.68 Å². The van der Waals surface area contributed by atoms with Gasteiger partial charge in [-0.2, -0.15) is 5.10 Å². The third kappa shape index (κ3) is 4.44. The molecule has 0 spiro atoms. The van der Waals surface area contributed by atoms with E-state index in [-0.39, 0.29) is 16.1 Å². The summed E-state index contributed by atoms with van der Waals surface area (Å²) in [5.41, 5.74) is 0.177. The Labute approximate surface area is 137 Å². The van der Waals surface area contributed by atoms with Crippen LogP contribution in [0.15, 0.2) is 11.0 Å². The standard InChI is InChI=1S/C15H26ClN5O/c1-15(2,5-6-21-9-7-19(3)8-10-21)18-12-11-17-20(4)14(22)13(12)16/h11,18H,5-10H2,1-4H3. The summed E-state index contributed by atoms with van der Waals surface area (Å²) >= 11 is 6.12. The highest BCUT2D eigenvalue weighted by Gasteiger charge is 2.22. The van der Waals surface area contributed by atoms with Crippen LogP contribution in [0, 0.1) is 0 Å². The maximum atomic E-state index is 11.8. The fourth-order valence-corrected chi connectivity index (χ4v) is 2.75. The lowest BCUT2D eigenvalue weighted by atomic mass is 9.99. The molecule has 6 nitrogen and oxygen atoms in total. The topological polar surface area (TPSA) is 53.4 Å². The molecule has 1 aromatic heterocycles. The molecule has 1 aliphatic rings. The van der Waals surface area contributed by atoms with Crippen LogP contribution in [-0.2, 0) is 7.05 Å². The lowest BCUT2D eigenvalue weighted by molar-refractivity contribution is 0.147. The molecule has 0 aromatic carbocycles. The fourth-order valence-electron chi connectivity index (χ4n) is 2.53. The summed E-state index contributed by atoms with van der Waals surface area (Å²) in [6.07, 6.45) is 2.59. The molecule has 0 bridgehead atoms. The van der Waals surface area contributed by atoms with Crippen molar-refractivity contribution < 1.29 is 0 Å². The molecule has 1 fully saturated rings. The number of piperazine rings is 1. The van der Waals surface area contributed by atoms with Crippen molar-refractivity contribution in [3.05, 3.63) is 21.6 Å². The summed E-state index contributed by atoms with van der Waals surface area (Å²) < 4.78 is 1.24. The van der Waals surface area contributed by atoms with Gasteiger partial charge in [0.25, 0.3) is 5.56 Å². The Kier molecular flexibility index (Phi) is 5.47. The van der Waals surface area contributed by atoms with Crippen molar-refractivity contribution in [2.24, 2.45) is 7.05 Å².